The van der Waals surface area contributed by atoms with Gasteiger partial charge in [-0.05, 0) is 66.7 Å². The number of para-hydroxylation sites is 5. The van der Waals surface area contributed by atoms with Crippen molar-refractivity contribution in [2.24, 2.45) is 0 Å². The predicted octanol–water partition coefficient (Wildman–Crippen LogP) is 10.4. The minimum Gasteiger partial charge on any atom is -0.307 e. The lowest BCUT2D eigenvalue weighted by Crippen LogP contribution is -1.98. The molecule has 0 aliphatic rings. The van der Waals surface area contributed by atoms with Gasteiger partial charge in [-0.15, -0.1) is 0 Å². The molecule has 0 radical (unpaired) electrons. The van der Waals surface area contributed by atoms with Gasteiger partial charge >= 0.3 is 0 Å². The molecule has 11 rings (SSSR count). The van der Waals surface area contributed by atoms with Crippen LogP contribution in [-0.2, 0) is 0 Å². The first-order valence-corrected chi connectivity index (χ1v) is 15.9. The van der Waals surface area contributed by atoms with Crippen molar-refractivity contribution in [1.82, 2.24) is 23.5 Å². The van der Waals surface area contributed by atoms with Crippen LogP contribution in [0, 0.1) is 0 Å². The van der Waals surface area contributed by atoms with Gasteiger partial charge in [-0.1, -0.05) is 78.9 Å². The van der Waals surface area contributed by atoms with Gasteiger partial charge in [-0.25, -0.2) is 9.97 Å². The maximum Gasteiger partial charge on any atom is 0.147 e. The number of hydrogen-bond acceptors (Lipinski definition) is 2. The zero-order valence-electron chi connectivity index (χ0n) is 25.2. The highest BCUT2D eigenvalue weighted by atomic mass is 15.1. The number of nitrogens with zero attached hydrogens (tertiary/aromatic N) is 5. The summed E-state index contributed by atoms with van der Waals surface area (Å²) in [6.07, 6.45) is 1.89. The molecular weight excluding hydrogens is 574 g/mol. The van der Waals surface area contributed by atoms with Gasteiger partial charge < -0.3 is 9.13 Å². The molecule has 0 amide bonds. The molecule has 0 spiro atoms. The van der Waals surface area contributed by atoms with E-state index in [1.807, 2.05) is 12.3 Å². The summed E-state index contributed by atoms with van der Waals surface area (Å²) < 4.78 is 7.12. The van der Waals surface area contributed by atoms with Crippen molar-refractivity contribution in [1.29, 1.82) is 0 Å². The number of hydrogen-bond donors (Lipinski definition) is 0. The molecule has 0 saturated heterocycles. The van der Waals surface area contributed by atoms with E-state index in [2.05, 4.69) is 153 Å². The number of pyridine rings is 2. The summed E-state index contributed by atoms with van der Waals surface area (Å²) >= 11 is 0. The fraction of sp³-hybridized carbons (Fsp3) is 0. The van der Waals surface area contributed by atoms with Gasteiger partial charge in [0, 0.05) is 55.3 Å². The number of benzene rings is 6. The van der Waals surface area contributed by atoms with E-state index in [0.29, 0.717) is 0 Å². The Morgan fingerprint density at radius 2 is 0.979 bits per heavy atom. The van der Waals surface area contributed by atoms with E-state index in [9.17, 15) is 0 Å². The fourth-order valence-electron chi connectivity index (χ4n) is 7.99. The Kier molecular flexibility index (Phi) is 4.78. The summed E-state index contributed by atoms with van der Waals surface area (Å²) in [5, 5.41) is 8.28. The highest BCUT2D eigenvalue weighted by Crippen LogP contribution is 2.45. The second-order valence-electron chi connectivity index (χ2n) is 12.2. The average Bonchev–Trinajstić information content (AvgIpc) is 3.80. The topological polar surface area (TPSA) is 40.1 Å². The van der Waals surface area contributed by atoms with Crippen LogP contribution in [0.5, 0.6) is 0 Å². The molecule has 5 aromatic heterocycles. The molecule has 218 valence electrons. The van der Waals surface area contributed by atoms with Crippen LogP contribution in [0.25, 0.3) is 93.5 Å². The third-order valence-corrected chi connectivity index (χ3v) is 9.83. The molecular formula is C42H25N5. The molecule has 5 nitrogen and oxygen atoms in total. The van der Waals surface area contributed by atoms with Crippen molar-refractivity contribution in [3.05, 3.63) is 152 Å². The number of rotatable bonds is 2. The van der Waals surface area contributed by atoms with Crippen LogP contribution in [0.15, 0.2) is 152 Å². The van der Waals surface area contributed by atoms with Crippen LogP contribution in [0.2, 0.25) is 0 Å². The van der Waals surface area contributed by atoms with E-state index in [4.69, 9.17) is 9.97 Å². The van der Waals surface area contributed by atoms with E-state index >= 15 is 0 Å². The molecule has 11 aromatic rings. The first-order chi connectivity index (χ1) is 23.4. The van der Waals surface area contributed by atoms with Crippen LogP contribution in [0.1, 0.15) is 0 Å². The highest BCUT2D eigenvalue weighted by molar-refractivity contribution is 6.33. The summed E-state index contributed by atoms with van der Waals surface area (Å²) in [6.45, 7) is 0. The van der Waals surface area contributed by atoms with E-state index in [-0.39, 0.29) is 0 Å². The molecule has 0 aliphatic carbocycles. The third-order valence-electron chi connectivity index (χ3n) is 9.83. The summed E-state index contributed by atoms with van der Waals surface area (Å²) in [7, 11) is 0. The van der Waals surface area contributed by atoms with Gasteiger partial charge in [0.25, 0.3) is 0 Å². The first-order valence-electron chi connectivity index (χ1n) is 15.9. The van der Waals surface area contributed by atoms with Gasteiger partial charge in [0.1, 0.15) is 11.3 Å². The van der Waals surface area contributed by atoms with Gasteiger partial charge in [-0.2, -0.15) is 0 Å². The van der Waals surface area contributed by atoms with Crippen molar-refractivity contribution in [2.45, 2.75) is 0 Å². The summed E-state index contributed by atoms with van der Waals surface area (Å²) in [5.41, 5.74) is 10.9. The van der Waals surface area contributed by atoms with Crippen LogP contribution < -0.4 is 0 Å². The SMILES string of the molecule is c1ccc(-n2c3ccccc3c3ccc4c5c6c7cccnc7n7c8ccccc8nc7c6ccc5n(-c5ccccc5)c4c32)cc1. The Bertz CT molecular complexity index is 3060. The number of imidazole rings is 1. The Morgan fingerprint density at radius 3 is 1.79 bits per heavy atom. The van der Waals surface area contributed by atoms with E-state index < -0.39 is 0 Å². The largest absolute Gasteiger partial charge is 0.307 e. The second-order valence-corrected chi connectivity index (χ2v) is 12.2. The molecule has 5 heteroatoms. The van der Waals surface area contributed by atoms with Crippen molar-refractivity contribution < 1.29 is 0 Å². The van der Waals surface area contributed by atoms with Crippen molar-refractivity contribution in [2.75, 3.05) is 0 Å². The minimum absolute atomic E-state index is 0.913. The Labute approximate surface area is 268 Å². The maximum absolute atomic E-state index is 5.19. The molecule has 0 saturated carbocycles. The second kappa shape index (κ2) is 9.05. The van der Waals surface area contributed by atoms with Crippen LogP contribution >= 0.6 is 0 Å². The van der Waals surface area contributed by atoms with Crippen molar-refractivity contribution in [3.8, 4) is 11.4 Å². The molecule has 0 unspecified atom stereocenters. The molecule has 0 bridgehead atoms. The molecule has 6 aromatic carbocycles. The third kappa shape index (κ3) is 3.17. The molecule has 0 aliphatic heterocycles. The lowest BCUT2D eigenvalue weighted by Gasteiger charge is -2.12. The van der Waals surface area contributed by atoms with Gasteiger partial charge in [-0.3, -0.25) is 4.40 Å². The van der Waals surface area contributed by atoms with Crippen LogP contribution in [-0.4, -0.2) is 23.5 Å². The Hall–Kier alpha value is -6.46. The fourth-order valence-corrected chi connectivity index (χ4v) is 7.99. The molecule has 0 fully saturated rings. The van der Waals surface area contributed by atoms with E-state index in [1.54, 1.807) is 0 Å². The number of fused-ring (bicyclic) bond motifs is 16. The predicted molar refractivity (Wildman–Crippen MR) is 194 cm³/mol. The standard InChI is InChI=1S/C42H25N5/c1-3-12-26(13-4-1)45-34-19-9-7-16-28(34)29-21-22-30-38-36(46(40(30)39(29)45)27-14-5-2-6-15-27)24-23-32-37(38)31-17-11-25-43-41(31)47-35-20-10-8-18-33(35)44-42(32)47/h1-25H. The summed E-state index contributed by atoms with van der Waals surface area (Å²) in [6, 6.07) is 52.0. The lowest BCUT2D eigenvalue weighted by molar-refractivity contribution is 1.15. The summed E-state index contributed by atoms with van der Waals surface area (Å²) in [4.78, 5) is 10.2. The van der Waals surface area contributed by atoms with Gasteiger partial charge in [0.2, 0.25) is 0 Å². The van der Waals surface area contributed by atoms with Crippen LogP contribution in [0.3, 0.4) is 0 Å². The minimum atomic E-state index is 0.913. The van der Waals surface area contributed by atoms with Crippen molar-refractivity contribution in [3.63, 3.8) is 0 Å². The molecule has 0 atom stereocenters. The normalized spacial score (nSPS) is 12.3. The average molecular weight is 600 g/mol. The number of aromatic nitrogens is 5. The smallest absolute Gasteiger partial charge is 0.147 e. The molecule has 5 heterocycles. The highest BCUT2D eigenvalue weighted by Gasteiger charge is 2.24. The Morgan fingerprint density at radius 1 is 0.383 bits per heavy atom. The maximum atomic E-state index is 5.19. The Balaban J connectivity index is 1.45. The first kappa shape index (κ1) is 24.8. The van der Waals surface area contributed by atoms with Crippen molar-refractivity contribution >= 4 is 82.1 Å². The van der Waals surface area contributed by atoms with Crippen LogP contribution in [0.4, 0.5) is 0 Å². The molecule has 47 heavy (non-hydrogen) atoms. The zero-order valence-corrected chi connectivity index (χ0v) is 25.2. The van der Waals surface area contributed by atoms with Gasteiger partial charge in [0.15, 0.2) is 0 Å². The monoisotopic (exact) mass is 599 g/mol. The van der Waals surface area contributed by atoms with Gasteiger partial charge in [0.05, 0.1) is 33.1 Å². The zero-order chi connectivity index (χ0) is 30.6. The van der Waals surface area contributed by atoms with E-state index in [0.717, 1.165) is 50.0 Å². The van der Waals surface area contributed by atoms with E-state index in [1.165, 1.54) is 43.5 Å². The molecule has 0 N–H and O–H groups in total. The summed E-state index contributed by atoms with van der Waals surface area (Å²) in [5.74, 6) is 0. The quantitative estimate of drug-likeness (QED) is 0.186. The lowest BCUT2D eigenvalue weighted by atomic mass is 10.0.